The van der Waals surface area contributed by atoms with E-state index in [0.717, 1.165) is 18.6 Å². The van der Waals surface area contributed by atoms with Crippen LogP contribution in [0.4, 0.5) is 13.2 Å². The molecule has 6 aromatic carbocycles. The van der Waals surface area contributed by atoms with Crippen LogP contribution in [0.2, 0.25) is 0 Å². The largest absolute Gasteiger partial charge is 0.417 e. The lowest BCUT2D eigenvalue weighted by Crippen LogP contribution is -2.12. The zero-order chi connectivity index (χ0) is 34.2. The molecule has 242 valence electrons. The average molecular weight is 663 g/mol. The van der Waals surface area contributed by atoms with E-state index in [2.05, 4.69) is 124 Å². The lowest BCUT2D eigenvalue weighted by atomic mass is 9.80. The van der Waals surface area contributed by atoms with Crippen LogP contribution < -0.4 is 0 Å². The number of hydrogen-bond donors (Lipinski definition) is 1. The molecule has 0 aromatic heterocycles. The van der Waals surface area contributed by atoms with Crippen LogP contribution in [0.15, 0.2) is 132 Å². The van der Waals surface area contributed by atoms with E-state index in [4.69, 9.17) is 4.55 Å². The van der Waals surface area contributed by atoms with Crippen molar-refractivity contribution in [1.29, 1.82) is 0 Å². The maximum Gasteiger partial charge on any atom is 0.417 e. The Balaban J connectivity index is 0.000000242. The third kappa shape index (κ3) is 6.44. The topological polar surface area (TPSA) is 54.4 Å². The molecule has 0 spiro atoms. The van der Waals surface area contributed by atoms with Gasteiger partial charge in [0.2, 0.25) is 0 Å². The van der Waals surface area contributed by atoms with Gasteiger partial charge in [0.25, 0.3) is 10.1 Å². The van der Waals surface area contributed by atoms with E-state index in [0.29, 0.717) is 12.1 Å². The van der Waals surface area contributed by atoms with Crippen LogP contribution in [-0.4, -0.2) is 13.0 Å². The van der Waals surface area contributed by atoms with Gasteiger partial charge in [-0.25, -0.2) is 0 Å². The van der Waals surface area contributed by atoms with Crippen LogP contribution >= 0.6 is 0 Å². The van der Waals surface area contributed by atoms with Crippen molar-refractivity contribution in [3.8, 4) is 44.5 Å². The smallest absolute Gasteiger partial charge is 0.282 e. The minimum atomic E-state index is -4.84. The minimum Gasteiger partial charge on any atom is -0.282 e. The number of hydrogen-bond acceptors (Lipinski definition) is 2. The number of benzene rings is 6. The fourth-order valence-electron chi connectivity index (χ4n) is 6.80. The first-order valence-electron chi connectivity index (χ1n) is 15.5. The summed E-state index contributed by atoms with van der Waals surface area (Å²) in [6, 6.07) is 41.3. The zero-order valence-corrected chi connectivity index (χ0v) is 27.5. The molecule has 0 fully saturated rings. The first-order chi connectivity index (χ1) is 22.8. The number of rotatable bonds is 4. The minimum absolute atomic E-state index is 0.586. The molecule has 7 heteroatoms. The van der Waals surface area contributed by atoms with E-state index in [-0.39, 0.29) is 0 Å². The Hall–Kier alpha value is -4.98. The van der Waals surface area contributed by atoms with Gasteiger partial charge in [-0.3, -0.25) is 4.55 Å². The second-order valence-corrected chi connectivity index (χ2v) is 13.4. The summed E-state index contributed by atoms with van der Waals surface area (Å²) < 4.78 is 66.2. The second kappa shape index (κ2) is 12.9. The molecule has 1 aliphatic carbocycles. The molecule has 48 heavy (non-hydrogen) atoms. The van der Waals surface area contributed by atoms with Crippen molar-refractivity contribution in [2.24, 2.45) is 0 Å². The highest BCUT2D eigenvalue weighted by Gasteiger charge is 2.36. The molecule has 1 N–H and O–H groups in total. The Morgan fingerprint density at radius 3 is 1.71 bits per heavy atom. The summed E-state index contributed by atoms with van der Waals surface area (Å²) in [6.07, 6.45) is -3.82. The monoisotopic (exact) mass is 662 g/mol. The van der Waals surface area contributed by atoms with Crippen LogP contribution in [0.25, 0.3) is 44.5 Å². The third-order valence-electron chi connectivity index (χ3n) is 8.65. The molecule has 1 aliphatic rings. The van der Waals surface area contributed by atoms with Crippen LogP contribution in [0.5, 0.6) is 0 Å². The number of aryl methyl sites for hydroxylation is 3. The third-order valence-corrected chi connectivity index (χ3v) is 9.57. The quantitative estimate of drug-likeness (QED) is 0.191. The maximum atomic E-state index is 12.2. The van der Waals surface area contributed by atoms with Crippen LogP contribution in [0, 0.1) is 20.8 Å². The molecule has 0 radical (unpaired) electrons. The molecular weight excluding hydrogens is 630 g/mol. The molecule has 0 bridgehead atoms. The van der Waals surface area contributed by atoms with Gasteiger partial charge in [0, 0.05) is 0 Å². The molecule has 0 saturated carbocycles. The molecule has 0 aliphatic heterocycles. The number of alkyl halides is 3. The van der Waals surface area contributed by atoms with Crippen molar-refractivity contribution in [2.45, 2.75) is 38.3 Å². The maximum absolute atomic E-state index is 12.2. The second-order valence-electron chi connectivity index (χ2n) is 12.0. The SMILES string of the molecule is Cc1cc(C)c(-c2c3c(cc(-c4ccccc4)c2-c2ccccc2)-c2ccccc2C3)c(C)c1.O=S(=O)(O)c1ccccc1C(F)(F)F. The van der Waals surface area contributed by atoms with Crippen molar-refractivity contribution < 1.29 is 26.1 Å². The summed E-state index contributed by atoms with van der Waals surface area (Å²) in [4.78, 5) is -1.13. The Morgan fingerprint density at radius 2 is 1.12 bits per heavy atom. The molecule has 7 rings (SSSR count). The van der Waals surface area contributed by atoms with Crippen LogP contribution in [0.3, 0.4) is 0 Å². The highest BCUT2D eigenvalue weighted by Crippen LogP contribution is 2.51. The molecule has 6 aromatic rings. The van der Waals surface area contributed by atoms with Crippen molar-refractivity contribution in [3.05, 3.63) is 161 Å². The summed E-state index contributed by atoms with van der Waals surface area (Å²) in [5, 5.41) is 0. The highest BCUT2D eigenvalue weighted by atomic mass is 32.2. The first kappa shape index (κ1) is 32.9. The number of halogens is 3. The lowest BCUT2D eigenvalue weighted by molar-refractivity contribution is -0.140. The van der Waals surface area contributed by atoms with Gasteiger partial charge in [0.05, 0.1) is 5.56 Å². The van der Waals surface area contributed by atoms with E-state index in [1.165, 1.54) is 72.3 Å². The summed E-state index contributed by atoms with van der Waals surface area (Å²) in [5.41, 5.74) is 16.2. The van der Waals surface area contributed by atoms with E-state index >= 15 is 0 Å². The van der Waals surface area contributed by atoms with Gasteiger partial charge in [0.15, 0.2) is 0 Å². The molecule has 3 nitrogen and oxygen atoms in total. The summed E-state index contributed by atoms with van der Waals surface area (Å²) >= 11 is 0. The Morgan fingerprint density at radius 1 is 0.583 bits per heavy atom. The molecule has 0 unspecified atom stereocenters. The molecule has 0 amide bonds. The standard InChI is InChI=1S/C34H28.C7H5F3O3S/c1-22-18-23(2)32(24(3)19-22)34-31-20-27-16-10-11-17-28(27)30(31)21-29(25-12-6-4-7-13-25)33(34)26-14-8-5-9-15-26;8-7(9,10)5-3-1-2-4-6(5)14(11,12)13/h4-19,21H,20H2,1-3H3;1-4H,(H,11,12,13). The van der Waals surface area contributed by atoms with Gasteiger partial charge in [0.1, 0.15) is 4.90 Å². The summed E-state index contributed by atoms with van der Waals surface area (Å²) in [5.74, 6) is 0. The van der Waals surface area contributed by atoms with E-state index in [1.54, 1.807) is 0 Å². The van der Waals surface area contributed by atoms with Gasteiger partial charge in [-0.15, -0.1) is 0 Å². The first-order valence-corrected chi connectivity index (χ1v) is 16.9. The van der Waals surface area contributed by atoms with Gasteiger partial charge >= 0.3 is 6.18 Å². The zero-order valence-electron chi connectivity index (χ0n) is 26.6. The predicted octanol–water partition coefficient (Wildman–Crippen LogP) is 11.1. The van der Waals surface area contributed by atoms with Crippen LogP contribution in [-0.2, 0) is 22.7 Å². The molecule has 0 saturated heterocycles. The normalized spacial score (nSPS) is 12.1. The van der Waals surface area contributed by atoms with Crippen molar-refractivity contribution in [3.63, 3.8) is 0 Å². The summed E-state index contributed by atoms with van der Waals surface area (Å²) in [7, 11) is -4.84. The fraction of sp³-hybridized carbons (Fsp3) is 0.122. The van der Waals surface area contributed by atoms with E-state index in [1.807, 2.05) is 0 Å². The van der Waals surface area contributed by atoms with Crippen molar-refractivity contribution >= 4 is 10.1 Å². The fourth-order valence-corrected chi connectivity index (χ4v) is 7.51. The Bertz CT molecular complexity index is 2220. The van der Waals surface area contributed by atoms with Gasteiger partial charge < -0.3 is 0 Å². The Kier molecular flexibility index (Phi) is 8.86. The van der Waals surface area contributed by atoms with Gasteiger partial charge in [-0.1, -0.05) is 115 Å². The van der Waals surface area contributed by atoms with E-state index in [9.17, 15) is 21.6 Å². The Labute approximate surface area is 279 Å². The molecule has 0 atom stereocenters. The molecular formula is C41H33F3O3S. The molecule has 0 heterocycles. The summed E-state index contributed by atoms with van der Waals surface area (Å²) in [6.45, 7) is 6.74. The number of fused-ring (bicyclic) bond motifs is 3. The van der Waals surface area contributed by atoms with E-state index < -0.39 is 26.8 Å². The van der Waals surface area contributed by atoms with Crippen molar-refractivity contribution in [2.75, 3.05) is 0 Å². The van der Waals surface area contributed by atoms with Gasteiger partial charge in [-0.2, -0.15) is 21.6 Å². The van der Waals surface area contributed by atoms with Gasteiger partial charge in [-0.05, 0) is 112 Å². The predicted molar refractivity (Wildman–Crippen MR) is 186 cm³/mol. The van der Waals surface area contributed by atoms with Crippen molar-refractivity contribution in [1.82, 2.24) is 0 Å². The lowest BCUT2D eigenvalue weighted by Gasteiger charge is -2.23. The average Bonchev–Trinajstić information content (AvgIpc) is 3.43. The van der Waals surface area contributed by atoms with Crippen LogP contribution in [0.1, 0.15) is 33.4 Å². The highest BCUT2D eigenvalue weighted by molar-refractivity contribution is 7.85.